The average molecular weight is 389 g/mol. The van der Waals surface area contributed by atoms with Gasteiger partial charge in [-0.15, -0.1) is 0 Å². The molecule has 1 amide bonds. The van der Waals surface area contributed by atoms with Crippen molar-refractivity contribution in [2.24, 2.45) is 0 Å². The molecule has 1 N–H and O–H groups in total. The summed E-state index contributed by atoms with van der Waals surface area (Å²) >= 11 is 0. The zero-order valence-corrected chi connectivity index (χ0v) is 15.5. The van der Waals surface area contributed by atoms with Crippen LogP contribution in [0.15, 0.2) is 59.5 Å². The van der Waals surface area contributed by atoms with E-state index in [9.17, 15) is 22.8 Å². The molecule has 27 heavy (non-hydrogen) atoms. The van der Waals surface area contributed by atoms with Crippen molar-refractivity contribution in [3.8, 4) is 0 Å². The standard InChI is InChI=1S/C19H19NO6S/c1-27(24,25)16-9-5-8-15(12-16)20-18(22)13-26-19(23)11-10-17(21)14-6-3-2-4-7-14/h2-9,12H,10-11,13H2,1H3,(H,20,22). The van der Waals surface area contributed by atoms with Crippen molar-refractivity contribution in [3.05, 3.63) is 60.2 Å². The Hall–Kier alpha value is -3.00. The number of Topliss-reactive ketones (excluding diaryl/α,β-unsaturated/α-hetero) is 1. The maximum atomic E-state index is 11.9. The first-order valence-corrected chi connectivity index (χ1v) is 9.99. The number of sulfone groups is 1. The topological polar surface area (TPSA) is 107 Å². The van der Waals surface area contributed by atoms with E-state index in [0.717, 1.165) is 6.26 Å². The van der Waals surface area contributed by atoms with E-state index in [1.54, 1.807) is 30.3 Å². The van der Waals surface area contributed by atoms with Crippen molar-refractivity contribution >= 4 is 33.2 Å². The van der Waals surface area contributed by atoms with E-state index >= 15 is 0 Å². The van der Waals surface area contributed by atoms with Crippen LogP contribution in [0.4, 0.5) is 5.69 Å². The van der Waals surface area contributed by atoms with Crippen LogP contribution in [-0.4, -0.2) is 38.9 Å². The van der Waals surface area contributed by atoms with E-state index in [2.05, 4.69) is 5.32 Å². The first kappa shape index (κ1) is 20.3. The Kier molecular flexibility index (Phi) is 6.84. The summed E-state index contributed by atoms with van der Waals surface area (Å²) in [5.74, 6) is -1.46. The number of benzene rings is 2. The number of carbonyl (C=O) groups excluding carboxylic acids is 3. The molecule has 0 aliphatic carbocycles. The maximum Gasteiger partial charge on any atom is 0.306 e. The molecule has 0 spiro atoms. The third-order valence-corrected chi connectivity index (χ3v) is 4.67. The second kappa shape index (κ2) is 9.09. The lowest BCUT2D eigenvalue weighted by atomic mass is 10.1. The third-order valence-electron chi connectivity index (χ3n) is 3.56. The second-order valence-corrected chi connectivity index (χ2v) is 7.81. The quantitative estimate of drug-likeness (QED) is 0.548. The number of carbonyl (C=O) groups is 3. The number of hydrogen-bond donors (Lipinski definition) is 1. The molecule has 0 radical (unpaired) electrons. The van der Waals surface area contributed by atoms with Crippen molar-refractivity contribution in [2.75, 3.05) is 18.2 Å². The lowest BCUT2D eigenvalue weighted by molar-refractivity contribution is -0.147. The highest BCUT2D eigenvalue weighted by Gasteiger charge is 2.13. The largest absolute Gasteiger partial charge is 0.456 e. The molecule has 0 aliphatic heterocycles. The van der Waals surface area contributed by atoms with Crippen molar-refractivity contribution in [3.63, 3.8) is 0 Å². The average Bonchev–Trinajstić information content (AvgIpc) is 2.64. The lowest BCUT2D eigenvalue weighted by Gasteiger charge is -2.08. The molecule has 0 heterocycles. The highest BCUT2D eigenvalue weighted by Crippen LogP contribution is 2.15. The summed E-state index contributed by atoms with van der Waals surface area (Å²) in [4.78, 5) is 35.5. The predicted molar refractivity (Wildman–Crippen MR) is 99.1 cm³/mol. The summed E-state index contributed by atoms with van der Waals surface area (Å²) in [7, 11) is -3.39. The summed E-state index contributed by atoms with van der Waals surface area (Å²) in [6.45, 7) is -0.526. The molecule has 2 rings (SSSR count). The first-order valence-electron chi connectivity index (χ1n) is 8.09. The highest BCUT2D eigenvalue weighted by atomic mass is 32.2. The van der Waals surface area contributed by atoms with Crippen LogP contribution in [-0.2, 0) is 24.2 Å². The van der Waals surface area contributed by atoms with Crippen molar-refractivity contribution in [1.29, 1.82) is 0 Å². The summed E-state index contributed by atoms with van der Waals surface area (Å²) in [6, 6.07) is 14.3. The summed E-state index contributed by atoms with van der Waals surface area (Å²) in [6.07, 6.45) is 0.915. The minimum absolute atomic E-state index is 0.0130. The van der Waals surface area contributed by atoms with Gasteiger partial charge in [-0.05, 0) is 18.2 Å². The summed E-state index contributed by atoms with van der Waals surface area (Å²) < 4.78 is 27.8. The number of esters is 1. The van der Waals surface area contributed by atoms with Crippen molar-refractivity contribution in [2.45, 2.75) is 17.7 Å². The fourth-order valence-corrected chi connectivity index (χ4v) is 2.87. The molecular formula is C19H19NO6S. The molecular weight excluding hydrogens is 370 g/mol. The van der Waals surface area contributed by atoms with E-state index in [4.69, 9.17) is 4.74 Å². The number of anilines is 1. The van der Waals surface area contributed by atoms with E-state index in [1.807, 2.05) is 0 Å². The fraction of sp³-hybridized carbons (Fsp3) is 0.211. The van der Waals surface area contributed by atoms with Crippen LogP contribution in [0.3, 0.4) is 0 Å². The predicted octanol–water partition coefficient (Wildman–Crippen LogP) is 2.23. The molecule has 0 saturated carbocycles. The Labute approximate surface area is 157 Å². The number of ether oxygens (including phenoxy) is 1. The molecule has 8 heteroatoms. The van der Waals surface area contributed by atoms with Gasteiger partial charge in [0.2, 0.25) is 0 Å². The van der Waals surface area contributed by atoms with Crippen LogP contribution in [0.1, 0.15) is 23.2 Å². The van der Waals surface area contributed by atoms with E-state index < -0.39 is 28.3 Å². The maximum absolute atomic E-state index is 11.9. The van der Waals surface area contributed by atoms with Crippen LogP contribution in [0.2, 0.25) is 0 Å². The first-order chi connectivity index (χ1) is 12.8. The van der Waals surface area contributed by atoms with Crippen molar-refractivity contribution < 1.29 is 27.5 Å². The van der Waals surface area contributed by atoms with Gasteiger partial charge in [-0.2, -0.15) is 0 Å². The molecule has 7 nitrogen and oxygen atoms in total. The van der Waals surface area contributed by atoms with Gasteiger partial charge in [0.05, 0.1) is 11.3 Å². The Balaban J connectivity index is 1.78. The third kappa shape index (κ3) is 6.67. The zero-order chi connectivity index (χ0) is 19.9. The molecule has 2 aromatic rings. The van der Waals surface area contributed by atoms with Crippen LogP contribution < -0.4 is 5.32 Å². The number of ketones is 1. The highest BCUT2D eigenvalue weighted by molar-refractivity contribution is 7.90. The van der Waals surface area contributed by atoms with Crippen LogP contribution in [0, 0.1) is 0 Å². The van der Waals surface area contributed by atoms with E-state index in [-0.39, 0.29) is 29.2 Å². The van der Waals surface area contributed by atoms with Crippen LogP contribution in [0.25, 0.3) is 0 Å². The van der Waals surface area contributed by atoms with Gasteiger partial charge < -0.3 is 10.1 Å². The molecule has 2 aromatic carbocycles. The fourth-order valence-electron chi connectivity index (χ4n) is 2.20. The monoisotopic (exact) mass is 389 g/mol. The van der Waals surface area contributed by atoms with Crippen LogP contribution >= 0.6 is 0 Å². The van der Waals surface area contributed by atoms with Gasteiger partial charge in [0, 0.05) is 23.9 Å². The number of amides is 1. The molecule has 0 saturated heterocycles. The number of rotatable bonds is 8. The van der Waals surface area contributed by atoms with Gasteiger partial charge in [-0.25, -0.2) is 8.42 Å². The molecule has 0 atom stereocenters. The molecule has 0 fully saturated rings. The molecule has 0 aliphatic rings. The molecule has 142 valence electrons. The molecule has 0 bridgehead atoms. The minimum Gasteiger partial charge on any atom is -0.456 e. The summed E-state index contributed by atoms with van der Waals surface area (Å²) in [5.41, 5.74) is 0.784. The second-order valence-electron chi connectivity index (χ2n) is 5.80. The van der Waals surface area contributed by atoms with Gasteiger partial charge in [0.15, 0.2) is 22.2 Å². The van der Waals surface area contributed by atoms with E-state index in [0.29, 0.717) is 5.56 Å². The smallest absolute Gasteiger partial charge is 0.306 e. The molecule has 0 unspecified atom stereocenters. The van der Waals surface area contributed by atoms with Crippen LogP contribution in [0.5, 0.6) is 0 Å². The van der Waals surface area contributed by atoms with Gasteiger partial charge in [0.1, 0.15) is 0 Å². The van der Waals surface area contributed by atoms with E-state index in [1.165, 1.54) is 24.3 Å². The Morgan fingerprint density at radius 3 is 2.33 bits per heavy atom. The summed E-state index contributed by atoms with van der Waals surface area (Å²) in [5, 5.41) is 2.45. The van der Waals surface area contributed by atoms with Gasteiger partial charge in [-0.1, -0.05) is 36.4 Å². The SMILES string of the molecule is CS(=O)(=O)c1cccc(NC(=O)COC(=O)CCC(=O)c2ccccc2)c1. The Morgan fingerprint density at radius 1 is 0.963 bits per heavy atom. The lowest BCUT2D eigenvalue weighted by Crippen LogP contribution is -2.21. The number of nitrogens with one attached hydrogen (secondary N) is 1. The Morgan fingerprint density at radius 2 is 1.67 bits per heavy atom. The minimum atomic E-state index is -3.39. The van der Waals surface area contributed by atoms with Gasteiger partial charge in [0.25, 0.3) is 5.91 Å². The van der Waals surface area contributed by atoms with Gasteiger partial charge >= 0.3 is 5.97 Å². The van der Waals surface area contributed by atoms with Gasteiger partial charge in [-0.3, -0.25) is 14.4 Å². The molecule has 0 aromatic heterocycles. The zero-order valence-electron chi connectivity index (χ0n) is 14.7. The Bertz CT molecular complexity index is 938. The normalized spacial score (nSPS) is 10.9. The number of hydrogen-bond acceptors (Lipinski definition) is 6. The van der Waals surface area contributed by atoms with Crippen molar-refractivity contribution in [1.82, 2.24) is 0 Å².